The van der Waals surface area contributed by atoms with E-state index in [1.807, 2.05) is 0 Å². The minimum absolute atomic E-state index is 0.518. The quantitative estimate of drug-likeness (QED) is 0.717. The molecule has 2 unspecified atom stereocenters. The van der Waals surface area contributed by atoms with Gasteiger partial charge >= 0.3 is 5.97 Å². The summed E-state index contributed by atoms with van der Waals surface area (Å²) in [7, 11) is 0. The van der Waals surface area contributed by atoms with Crippen LogP contribution in [0, 0.1) is 5.92 Å². The van der Waals surface area contributed by atoms with Crippen molar-refractivity contribution in [3.8, 4) is 0 Å². The number of thioether (sulfide) groups is 1. The van der Waals surface area contributed by atoms with Gasteiger partial charge in [-0.2, -0.15) is 11.8 Å². The standard InChI is InChI=1S/C10H21NO2S/c1-7(2)8(3)14-6-5-10(4,11)9(12)13/h7-8H,5-6,11H2,1-4H3,(H,12,13). The Morgan fingerprint density at radius 3 is 2.36 bits per heavy atom. The van der Waals surface area contributed by atoms with Crippen LogP contribution in [0.3, 0.4) is 0 Å². The third-order valence-electron chi connectivity index (χ3n) is 2.43. The molecule has 0 spiro atoms. The second-order valence-corrected chi connectivity index (χ2v) is 5.78. The maximum atomic E-state index is 10.7. The highest BCUT2D eigenvalue weighted by molar-refractivity contribution is 7.99. The highest BCUT2D eigenvalue weighted by atomic mass is 32.2. The van der Waals surface area contributed by atoms with E-state index >= 15 is 0 Å². The van der Waals surface area contributed by atoms with Crippen LogP contribution < -0.4 is 5.73 Å². The molecule has 0 bridgehead atoms. The molecule has 0 rings (SSSR count). The summed E-state index contributed by atoms with van der Waals surface area (Å²) in [5.74, 6) is 0.503. The number of nitrogens with two attached hydrogens (primary N) is 1. The fraction of sp³-hybridized carbons (Fsp3) is 0.900. The van der Waals surface area contributed by atoms with Crippen LogP contribution in [-0.4, -0.2) is 27.6 Å². The topological polar surface area (TPSA) is 63.3 Å². The van der Waals surface area contributed by atoms with Crippen molar-refractivity contribution < 1.29 is 9.90 Å². The molecule has 0 fully saturated rings. The van der Waals surface area contributed by atoms with Crippen LogP contribution in [0.1, 0.15) is 34.1 Å². The Bertz CT molecular complexity index is 193. The van der Waals surface area contributed by atoms with E-state index in [0.29, 0.717) is 17.6 Å². The zero-order valence-corrected chi connectivity index (χ0v) is 10.2. The van der Waals surface area contributed by atoms with E-state index in [1.165, 1.54) is 0 Å². The van der Waals surface area contributed by atoms with E-state index in [1.54, 1.807) is 18.7 Å². The van der Waals surface area contributed by atoms with Crippen molar-refractivity contribution in [3.63, 3.8) is 0 Å². The molecule has 0 aromatic heterocycles. The third kappa shape index (κ3) is 4.86. The molecular formula is C10H21NO2S. The normalized spacial score (nSPS) is 17.9. The van der Waals surface area contributed by atoms with E-state index in [-0.39, 0.29) is 0 Å². The van der Waals surface area contributed by atoms with Crippen molar-refractivity contribution >= 4 is 17.7 Å². The molecule has 0 aliphatic heterocycles. The first-order valence-corrected chi connectivity index (χ1v) is 5.96. The van der Waals surface area contributed by atoms with Crippen molar-refractivity contribution in [1.82, 2.24) is 0 Å². The molecule has 84 valence electrons. The van der Waals surface area contributed by atoms with Crippen molar-refractivity contribution in [2.45, 2.75) is 44.9 Å². The first-order chi connectivity index (χ1) is 6.27. The molecule has 0 radical (unpaired) electrons. The molecular weight excluding hydrogens is 198 g/mol. The fourth-order valence-corrected chi connectivity index (χ4v) is 2.05. The molecule has 0 aromatic carbocycles. The summed E-state index contributed by atoms with van der Waals surface area (Å²) in [5.41, 5.74) is 4.53. The monoisotopic (exact) mass is 219 g/mol. The van der Waals surface area contributed by atoms with Gasteiger partial charge in [0.2, 0.25) is 0 Å². The summed E-state index contributed by atoms with van der Waals surface area (Å²) in [6.07, 6.45) is 0.518. The van der Waals surface area contributed by atoms with E-state index in [4.69, 9.17) is 10.8 Å². The van der Waals surface area contributed by atoms with Crippen LogP contribution in [0.4, 0.5) is 0 Å². The molecule has 0 aliphatic rings. The zero-order chi connectivity index (χ0) is 11.4. The first-order valence-electron chi connectivity index (χ1n) is 4.91. The molecule has 0 amide bonds. The highest BCUT2D eigenvalue weighted by Crippen LogP contribution is 2.21. The molecule has 0 aliphatic carbocycles. The van der Waals surface area contributed by atoms with Gasteiger partial charge in [-0.25, -0.2) is 0 Å². The van der Waals surface area contributed by atoms with Gasteiger partial charge in [0.15, 0.2) is 0 Å². The van der Waals surface area contributed by atoms with Crippen LogP contribution in [0.2, 0.25) is 0 Å². The van der Waals surface area contributed by atoms with Crippen molar-refractivity contribution in [2.75, 3.05) is 5.75 Å². The average molecular weight is 219 g/mol. The SMILES string of the molecule is CC(C)C(C)SCCC(C)(N)C(=O)O. The number of rotatable bonds is 6. The van der Waals surface area contributed by atoms with Crippen LogP contribution >= 0.6 is 11.8 Å². The smallest absolute Gasteiger partial charge is 0.323 e. The fourth-order valence-electron chi connectivity index (χ4n) is 0.756. The predicted molar refractivity (Wildman–Crippen MR) is 61.6 cm³/mol. The third-order valence-corrected chi connectivity index (χ3v) is 3.94. The molecule has 2 atom stereocenters. The number of carbonyl (C=O) groups is 1. The minimum Gasteiger partial charge on any atom is -0.480 e. The molecule has 3 N–H and O–H groups in total. The molecule has 4 heteroatoms. The number of carboxylic acids is 1. The largest absolute Gasteiger partial charge is 0.480 e. The van der Waals surface area contributed by atoms with Crippen LogP contribution in [-0.2, 0) is 4.79 Å². The lowest BCUT2D eigenvalue weighted by atomic mass is 10.0. The Hall–Kier alpha value is -0.220. The Balaban J connectivity index is 3.79. The van der Waals surface area contributed by atoms with Crippen molar-refractivity contribution in [1.29, 1.82) is 0 Å². The van der Waals surface area contributed by atoms with Crippen LogP contribution in [0.15, 0.2) is 0 Å². The Kier molecular flexibility index (Phi) is 5.52. The maximum Gasteiger partial charge on any atom is 0.323 e. The molecule has 3 nitrogen and oxygen atoms in total. The van der Waals surface area contributed by atoms with Gasteiger partial charge in [0, 0.05) is 5.25 Å². The number of carboxylic acid groups (broad SMARTS) is 1. The van der Waals surface area contributed by atoms with Gasteiger partial charge < -0.3 is 10.8 Å². The molecule has 14 heavy (non-hydrogen) atoms. The number of aliphatic carboxylic acids is 1. The molecule has 0 aromatic rings. The second kappa shape index (κ2) is 5.61. The first kappa shape index (κ1) is 13.8. The number of hydrogen-bond donors (Lipinski definition) is 2. The summed E-state index contributed by atoms with van der Waals surface area (Å²) in [5, 5.41) is 9.34. The Morgan fingerprint density at radius 2 is 2.00 bits per heavy atom. The summed E-state index contributed by atoms with van der Waals surface area (Å²) in [4.78, 5) is 10.7. The van der Waals surface area contributed by atoms with E-state index < -0.39 is 11.5 Å². The zero-order valence-electron chi connectivity index (χ0n) is 9.41. The van der Waals surface area contributed by atoms with E-state index in [0.717, 1.165) is 5.75 Å². The van der Waals surface area contributed by atoms with Gasteiger partial charge in [-0.15, -0.1) is 0 Å². The van der Waals surface area contributed by atoms with Gasteiger partial charge in [0.1, 0.15) is 5.54 Å². The molecule has 0 saturated carbocycles. The average Bonchev–Trinajstić information content (AvgIpc) is 2.03. The van der Waals surface area contributed by atoms with Gasteiger partial charge in [-0.05, 0) is 25.0 Å². The van der Waals surface area contributed by atoms with Gasteiger partial charge in [-0.1, -0.05) is 20.8 Å². The highest BCUT2D eigenvalue weighted by Gasteiger charge is 2.27. The summed E-state index contributed by atoms with van der Waals surface area (Å²) in [6, 6.07) is 0. The van der Waals surface area contributed by atoms with Crippen molar-refractivity contribution in [3.05, 3.63) is 0 Å². The lowest BCUT2D eigenvalue weighted by Crippen LogP contribution is -2.45. The summed E-state index contributed by atoms with van der Waals surface area (Å²) < 4.78 is 0. The van der Waals surface area contributed by atoms with E-state index in [2.05, 4.69) is 20.8 Å². The molecule has 0 saturated heterocycles. The van der Waals surface area contributed by atoms with Crippen molar-refractivity contribution in [2.24, 2.45) is 11.7 Å². The van der Waals surface area contributed by atoms with Gasteiger partial charge in [-0.3, -0.25) is 4.79 Å². The summed E-state index contributed by atoms with van der Waals surface area (Å²) in [6.45, 7) is 8.05. The van der Waals surface area contributed by atoms with Crippen LogP contribution in [0.5, 0.6) is 0 Å². The Morgan fingerprint density at radius 1 is 1.50 bits per heavy atom. The maximum absolute atomic E-state index is 10.7. The lowest BCUT2D eigenvalue weighted by molar-refractivity contribution is -0.142. The van der Waals surface area contributed by atoms with E-state index in [9.17, 15) is 4.79 Å². The lowest BCUT2D eigenvalue weighted by Gasteiger charge is -2.21. The van der Waals surface area contributed by atoms with Gasteiger partial charge in [0.05, 0.1) is 0 Å². The number of hydrogen-bond acceptors (Lipinski definition) is 3. The Labute approximate surface area is 90.4 Å². The second-order valence-electron chi connectivity index (χ2n) is 4.29. The predicted octanol–water partition coefficient (Wildman–Crippen LogP) is 1.96. The van der Waals surface area contributed by atoms with Gasteiger partial charge in [0.25, 0.3) is 0 Å². The molecule has 0 heterocycles. The summed E-state index contributed by atoms with van der Waals surface area (Å²) >= 11 is 1.79. The van der Waals surface area contributed by atoms with Crippen LogP contribution in [0.25, 0.3) is 0 Å². The minimum atomic E-state index is -1.08.